The van der Waals surface area contributed by atoms with Crippen molar-refractivity contribution >= 4 is 21.9 Å². The predicted molar refractivity (Wildman–Crippen MR) is 141 cm³/mol. The zero-order valence-electron chi connectivity index (χ0n) is 19.1. The molecule has 2 nitrogen and oxygen atoms in total. The lowest BCUT2D eigenvalue weighted by Gasteiger charge is -2.14. The van der Waals surface area contributed by atoms with Crippen molar-refractivity contribution in [3.8, 4) is 16.8 Å². The standard InChI is InChI=1S/C32H24N2/c1-21-8-6-9-23(18-21)34-31-16-15-22(20-30(31)28-14-7-17-33-32(28)34)19-29-26-12-4-2-10-24(26)25-11-3-5-13-27(25)29/h2-18,20,29H,19H2,1H3. The highest BCUT2D eigenvalue weighted by Gasteiger charge is 2.28. The number of nitrogens with zero attached hydrogens (tertiary/aromatic N) is 2. The van der Waals surface area contributed by atoms with Crippen LogP contribution in [0.3, 0.4) is 0 Å². The highest BCUT2D eigenvalue weighted by molar-refractivity contribution is 6.08. The van der Waals surface area contributed by atoms with Gasteiger partial charge in [-0.2, -0.15) is 0 Å². The summed E-state index contributed by atoms with van der Waals surface area (Å²) in [6.45, 7) is 2.14. The van der Waals surface area contributed by atoms with E-state index in [9.17, 15) is 0 Å². The lowest BCUT2D eigenvalue weighted by atomic mass is 9.90. The first kappa shape index (κ1) is 19.3. The Bertz CT molecular complexity index is 1660. The third kappa shape index (κ3) is 2.85. The summed E-state index contributed by atoms with van der Waals surface area (Å²) in [5, 5.41) is 2.47. The Morgan fingerprint density at radius 1 is 0.706 bits per heavy atom. The molecule has 1 aliphatic rings. The second-order valence-electron chi connectivity index (χ2n) is 9.33. The van der Waals surface area contributed by atoms with Crippen LogP contribution in [0.1, 0.15) is 28.2 Å². The maximum absolute atomic E-state index is 4.78. The van der Waals surface area contributed by atoms with Gasteiger partial charge < -0.3 is 0 Å². The van der Waals surface area contributed by atoms with Gasteiger partial charge in [0.15, 0.2) is 0 Å². The number of benzene rings is 4. The van der Waals surface area contributed by atoms with Gasteiger partial charge in [-0.25, -0.2) is 4.98 Å². The molecule has 0 saturated heterocycles. The Kier molecular flexibility index (Phi) is 4.22. The van der Waals surface area contributed by atoms with E-state index in [1.54, 1.807) is 0 Å². The number of rotatable bonds is 3. The lowest BCUT2D eigenvalue weighted by Crippen LogP contribution is -2.01. The van der Waals surface area contributed by atoms with E-state index in [0.29, 0.717) is 5.92 Å². The topological polar surface area (TPSA) is 17.8 Å². The molecule has 0 radical (unpaired) electrons. The largest absolute Gasteiger partial charge is 0.294 e. The summed E-state index contributed by atoms with van der Waals surface area (Å²) in [5.74, 6) is 0.382. The van der Waals surface area contributed by atoms with Crippen molar-refractivity contribution in [2.75, 3.05) is 0 Å². The van der Waals surface area contributed by atoms with Crippen LogP contribution in [0, 0.1) is 6.92 Å². The molecule has 0 N–H and O–H groups in total. The Balaban J connectivity index is 1.39. The third-order valence-corrected chi connectivity index (χ3v) is 7.25. The van der Waals surface area contributed by atoms with Crippen LogP contribution in [-0.2, 0) is 6.42 Å². The molecule has 2 aromatic heterocycles. The molecule has 6 aromatic rings. The molecule has 0 saturated carbocycles. The van der Waals surface area contributed by atoms with Gasteiger partial charge in [0, 0.05) is 28.6 Å². The zero-order valence-corrected chi connectivity index (χ0v) is 19.1. The summed E-state index contributed by atoms with van der Waals surface area (Å²) in [5.41, 5.74) is 11.6. The molecule has 4 aromatic carbocycles. The quantitative estimate of drug-likeness (QED) is 0.276. The van der Waals surface area contributed by atoms with Crippen molar-refractivity contribution in [1.82, 2.24) is 9.55 Å². The number of aromatic nitrogens is 2. The number of hydrogen-bond acceptors (Lipinski definition) is 1. The van der Waals surface area contributed by atoms with Gasteiger partial charge >= 0.3 is 0 Å². The molecule has 0 unspecified atom stereocenters. The molecule has 34 heavy (non-hydrogen) atoms. The van der Waals surface area contributed by atoms with Gasteiger partial charge in [-0.3, -0.25) is 4.57 Å². The molecule has 0 spiro atoms. The minimum atomic E-state index is 0.382. The van der Waals surface area contributed by atoms with Gasteiger partial charge in [-0.15, -0.1) is 0 Å². The van der Waals surface area contributed by atoms with Crippen molar-refractivity contribution in [3.05, 3.63) is 132 Å². The van der Waals surface area contributed by atoms with E-state index in [1.165, 1.54) is 49.7 Å². The van der Waals surface area contributed by atoms with Crippen LogP contribution in [0.5, 0.6) is 0 Å². The number of hydrogen-bond donors (Lipinski definition) is 0. The van der Waals surface area contributed by atoms with Crippen molar-refractivity contribution in [2.24, 2.45) is 0 Å². The summed E-state index contributed by atoms with van der Waals surface area (Å²) in [4.78, 5) is 4.78. The summed E-state index contributed by atoms with van der Waals surface area (Å²) in [7, 11) is 0. The zero-order chi connectivity index (χ0) is 22.6. The summed E-state index contributed by atoms with van der Waals surface area (Å²) >= 11 is 0. The van der Waals surface area contributed by atoms with Crippen molar-refractivity contribution in [1.29, 1.82) is 0 Å². The summed E-state index contributed by atoms with van der Waals surface area (Å²) in [6.07, 6.45) is 2.88. The van der Waals surface area contributed by atoms with Crippen LogP contribution in [0.2, 0.25) is 0 Å². The predicted octanol–water partition coefficient (Wildman–Crippen LogP) is 7.84. The summed E-state index contributed by atoms with van der Waals surface area (Å²) in [6, 6.07) is 37.6. The van der Waals surface area contributed by atoms with Crippen LogP contribution in [0.4, 0.5) is 0 Å². The first-order chi connectivity index (χ1) is 16.8. The second kappa shape index (κ2) is 7.43. The molecule has 2 heterocycles. The Labute approximate surface area is 199 Å². The maximum Gasteiger partial charge on any atom is 0.145 e. The third-order valence-electron chi connectivity index (χ3n) is 7.25. The molecule has 0 aliphatic heterocycles. The van der Waals surface area contributed by atoms with Crippen LogP contribution >= 0.6 is 0 Å². The lowest BCUT2D eigenvalue weighted by molar-refractivity contribution is 0.828. The van der Waals surface area contributed by atoms with Gasteiger partial charge in [0.1, 0.15) is 5.65 Å². The fourth-order valence-electron chi connectivity index (χ4n) is 5.76. The van der Waals surface area contributed by atoms with Crippen LogP contribution < -0.4 is 0 Å². The van der Waals surface area contributed by atoms with E-state index in [-0.39, 0.29) is 0 Å². The monoisotopic (exact) mass is 436 g/mol. The first-order valence-electron chi connectivity index (χ1n) is 11.9. The van der Waals surface area contributed by atoms with Gasteiger partial charge in [0.25, 0.3) is 0 Å². The molecule has 1 aliphatic carbocycles. The minimum absolute atomic E-state index is 0.382. The number of aryl methyl sites for hydroxylation is 1. The van der Waals surface area contributed by atoms with Crippen molar-refractivity contribution in [3.63, 3.8) is 0 Å². The van der Waals surface area contributed by atoms with E-state index in [0.717, 1.165) is 17.8 Å². The molecule has 2 heteroatoms. The Morgan fingerprint density at radius 2 is 1.47 bits per heavy atom. The van der Waals surface area contributed by atoms with Crippen molar-refractivity contribution < 1.29 is 0 Å². The Morgan fingerprint density at radius 3 is 2.24 bits per heavy atom. The van der Waals surface area contributed by atoms with Gasteiger partial charge in [-0.05, 0) is 83.1 Å². The van der Waals surface area contributed by atoms with Crippen LogP contribution in [-0.4, -0.2) is 9.55 Å². The van der Waals surface area contributed by atoms with Gasteiger partial charge in [0.2, 0.25) is 0 Å². The van der Waals surface area contributed by atoms with Crippen molar-refractivity contribution in [2.45, 2.75) is 19.3 Å². The fourth-order valence-corrected chi connectivity index (χ4v) is 5.76. The first-order valence-corrected chi connectivity index (χ1v) is 11.9. The molecule has 162 valence electrons. The van der Waals surface area contributed by atoms with E-state index in [2.05, 4.69) is 109 Å². The van der Waals surface area contributed by atoms with Crippen LogP contribution in [0.15, 0.2) is 109 Å². The van der Waals surface area contributed by atoms with Gasteiger partial charge in [-0.1, -0.05) is 66.7 Å². The van der Waals surface area contributed by atoms with Crippen LogP contribution in [0.25, 0.3) is 38.8 Å². The summed E-state index contributed by atoms with van der Waals surface area (Å²) < 4.78 is 2.29. The molecule has 0 atom stereocenters. The molecular formula is C32H24N2. The number of pyridine rings is 1. The SMILES string of the molecule is Cc1cccc(-n2c3ccc(CC4c5ccccc5-c5ccccc54)cc3c3cccnc32)c1. The minimum Gasteiger partial charge on any atom is -0.294 e. The molecule has 7 rings (SSSR count). The van der Waals surface area contributed by atoms with E-state index < -0.39 is 0 Å². The molecule has 0 amide bonds. The molecule has 0 fully saturated rings. The van der Waals surface area contributed by atoms with Gasteiger partial charge in [0.05, 0.1) is 5.52 Å². The second-order valence-corrected chi connectivity index (χ2v) is 9.33. The normalized spacial score (nSPS) is 12.9. The Hall–Kier alpha value is -4.17. The average Bonchev–Trinajstić information content (AvgIpc) is 3.37. The van der Waals surface area contributed by atoms with E-state index >= 15 is 0 Å². The fraction of sp³-hybridized carbons (Fsp3) is 0.0938. The molecular weight excluding hydrogens is 412 g/mol. The number of fused-ring (bicyclic) bond motifs is 6. The maximum atomic E-state index is 4.78. The molecule has 0 bridgehead atoms. The smallest absolute Gasteiger partial charge is 0.145 e. The average molecular weight is 437 g/mol. The van der Waals surface area contributed by atoms with E-state index in [4.69, 9.17) is 4.98 Å². The highest BCUT2D eigenvalue weighted by atomic mass is 15.0. The highest BCUT2D eigenvalue weighted by Crippen LogP contribution is 2.46. The van der Waals surface area contributed by atoms with E-state index in [1.807, 2.05) is 12.3 Å².